The van der Waals surface area contributed by atoms with Gasteiger partial charge in [-0.05, 0) is 25.3 Å². The summed E-state index contributed by atoms with van der Waals surface area (Å²) in [4.78, 5) is 13.6. The van der Waals surface area contributed by atoms with E-state index < -0.39 is 0 Å². The molecule has 5 heteroatoms. The number of aryl methyl sites for hydroxylation is 1. The van der Waals surface area contributed by atoms with Gasteiger partial charge in [0.25, 0.3) is 0 Å². The van der Waals surface area contributed by atoms with E-state index in [1.54, 1.807) is 0 Å². The van der Waals surface area contributed by atoms with Gasteiger partial charge >= 0.3 is 0 Å². The van der Waals surface area contributed by atoms with E-state index in [-0.39, 0.29) is 0 Å². The predicted molar refractivity (Wildman–Crippen MR) is 77.1 cm³/mol. The lowest BCUT2D eigenvalue weighted by Crippen LogP contribution is -2.27. The van der Waals surface area contributed by atoms with Crippen molar-refractivity contribution < 1.29 is 0 Å². The molecule has 3 rings (SSSR count). The van der Waals surface area contributed by atoms with Gasteiger partial charge in [0.15, 0.2) is 0 Å². The molecule has 2 N–H and O–H groups in total. The summed E-state index contributed by atoms with van der Waals surface area (Å²) in [5, 5.41) is 0. The van der Waals surface area contributed by atoms with Crippen LogP contribution in [0.1, 0.15) is 19.0 Å². The second-order valence-electron chi connectivity index (χ2n) is 5.97. The molecule has 3 heterocycles. The number of hydrogen-bond acceptors (Lipinski definition) is 5. The van der Waals surface area contributed by atoms with E-state index in [1.807, 2.05) is 0 Å². The fourth-order valence-corrected chi connectivity index (χ4v) is 3.46. The van der Waals surface area contributed by atoms with Gasteiger partial charge in [-0.3, -0.25) is 0 Å². The number of nitrogens with two attached hydrogens (primary N) is 1. The molecule has 0 saturated carbocycles. The van der Waals surface area contributed by atoms with Gasteiger partial charge in [0.2, 0.25) is 5.95 Å². The van der Waals surface area contributed by atoms with Crippen LogP contribution in [-0.4, -0.2) is 48.1 Å². The van der Waals surface area contributed by atoms with Gasteiger partial charge in [0.1, 0.15) is 5.82 Å². The summed E-state index contributed by atoms with van der Waals surface area (Å²) in [6.07, 6.45) is 2.06. The third-order valence-electron chi connectivity index (χ3n) is 4.28. The Labute approximate surface area is 114 Å². The second-order valence-corrected chi connectivity index (χ2v) is 5.97. The Morgan fingerprint density at radius 2 is 1.89 bits per heavy atom. The van der Waals surface area contributed by atoms with Crippen molar-refractivity contribution in [2.45, 2.75) is 19.8 Å². The number of nitrogen functional groups attached to an aromatic ring is 1. The number of nitrogens with zero attached hydrogens (tertiary/aromatic N) is 4. The Balaban J connectivity index is 1.76. The van der Waals surface area contributed by atoms with Crippen molar-refractivity contribution in [3.05, 3.63) is 11.8 Å². The van der Waals surface area contributed by atoms with Crippen LogP contribution in [0.15, 0.2) is 6.07 Å². The third kappa shape index (κ3) is 2.52. The molecule has 0 aliphatic carbocycles. The molecule has 0 aromatic carbocycles. The molecule has 1 aromatic rings. The van der Waals surface area contributed by atoms with E-state index in [1.165, 1.54) is 13.1 Å². The minimum atomic E-state index is 0.412. The summed E-state index contributed by atoms with van der Waals surface area (Å²) in [6, 6.07) is 2.12. The lowest BCUT2D eigenvalue weighted by Gasteiger charge is -2.20. The summed E-state index contributed by atoms with van der Waals surface area (Å²) < 4.78 is 0. The lowest BCUT2D eigenvalue weighted by molar-refractivity contribution is 0.387. The molecule has 2 atom stereocenters. The minimum absolute atomic E-state index is 0.412. The van der Waals surface area contributed by atoms with E-state index in [2.05, 4.69) is 39.8 Å². The Bertz CT molecular complexity index is 447. The zero-order valence-corrected chi connectivity index (χ0v) is 11.8. The molecule has 0 amide bonds. The van der Waals surface area contributed by atoms with Crippen molar-refractivity contribution in [1.29, 1.82) is 0 Å². The summed E-state index contributed by atoms with van der Waals surface area (Å²) in [5.41, 5.74) is 6.91. The Hall–Kier alpha value is -1.36. The fraction of sp³-hybridized carbons (Fsp3) is 0.714. The fourth-order valence-electron chi connectivity index (χ4n) is 3.46. The molecular weight excluding hydrogens is 238 g/mol. The second kappa shape index (κ2) is 4.96. The minimum Gasteiger partial charge on any atom is -0.368 e. The van der Waals surface area contributed by atoms with Crippen LogP contribution in [0, 0.1) is 11.8 Å². The Morgan fingerprint density at radius 3 is 2.53 bits per heavy atom. The van der Waals surface area contributed by atoms with Crippen molar-refractivity contribution in [2.24, 2.45) is 11.8 Å². The first-order chi connectivity index (χ1) is 9.15. The van der Waals surface area contributed by atoms with Gasteiger partial charge in [0.05, 0.1) is 0 Å². The average molecular weight is 261 g/mol. The number of likely N-dealkylation sites (tertiary alicyclic amines) is 1. The molecule has 2 fully saturated rings. The summed E-state index contributed by atoms with van der Waals surface area (Å²) in [5.74, 6) is 3.01. The Kier molecular flexibility index (Phi) is 3.31. The molecular formula is C14H23N5. The molecule has 5 nitrogen and oxygen atoms in total. The first-order valence-corrected chi connectivity index (χ1v) is 7.22. The van der Waals surface area contributed by atoms with Crippen LogP contribution < -0.4 is 10.6 Å². The van der Waals surface area contributed by atoms with Crippen molar-refractivity contribution >= 4 is 11.8 Å². The number of rotatable bonds is 3. The first-order valence-electron chi connectivity index (χ1n) is 7.22. The first kappa shape index (κ1) is 12.7. The smallest absolute Gasteiger partial charge is 0.222 e. The van der Waals surface area contributed by atoms with Crippen molar-refractivity contribution in [3.63, 3.8) is 0 Å². The molecule has 1 aromatic heterocycles. The topological polar surface area (TPSA) is 58.3 Å². The van der Waals surface area contributed by atoms with Crippen molar-refractivity contribution in [2.75, 3.05) is 43.9 Å². The molecule has 0 unspecified atom stereocenters. The predicted octanol–water partition coefficient (Wildman–Crippen LogP) is 1.01. The molecule has 0 bridgehead atoms. The van der Waals surface area contributed by atoms with Gasteiger partial charge in [0, 0.05) is 37.9 Å². The average Bonchev–Trinajstić information content (AvgIpc) is 2.85. The van der Waals surface area contributed by atoms with Crippen LogP contribution in [0.2, 0.25) is 0 Å². The van der Waals surface area contributed by atoms with Crippen molar-refractivity contribution in [3.8, 4) is 0 Å². The highest BCUT2D eigenvalue weighted by Gasteiger charge is 2.39. The molecule has 2 aliphatic rings. The largest absolute Gasteiger partial charge is 0.368 e. The highest BCUT2D eigenvalue weighted by Crippen LogP contribution is 2.32. The molecule has 104 valence electrons. The molecule has 2 aliphatic heterocycles. The molecule has 0 radical (unpaired) electrons. The third-order valence-corrected chi connectivity index (χ3v) is 4.28. The van der Waals surface area contributed by atoms with Gasteiger partial charge in [-0.2, -0.15) is 4.98 Å². The van der Waals surface area contributed by atoms with Crippen LogP contribution >= 0.6 is 0 Å². The number of hydrogen-bond donors (Lipinski definition) is 1. The van der Waals surface area contributed by atoms with Gasteiger partial charge < -0.3 is 15.5 Å². The number of anilines is 2. The van der Waals surface area contributed by atoms with Gasteiger partial charge in [-0.15, -0.1) is 0 Å². The monoisotopic (exact) mass is 261 g/mol. The van der Waals surface area contributed by atoms with Gasteiger partial charge in [-0.1, -0.05) is 13.3 Å². The van der Waals surface area contributed by atoms with Crippen LogP contribution in [0.3, 0.4) is 0 Å². The maximum atomic E-state index is 5.84. The normalized spacial score (nSPS) is 26.9. The molecule has 2 saturated heterocycles. The number of aromatic nitrogens is 2. The van der Waals surface area contributed by atoms with E-state index in [4.69, 9.17) is 5.73 Å². The summed E-state index contributed by atoms with van der Waals surface area (Å²) in [6.45, 7) is 6.80. The summed E-state index contributed by atoms with van der Waals surface area (Å²) in [7, 11) is 2.21. The maximum absolute atomic E-state index is 5.84. The zero-order chi connectivity index (χ0) is 13.4. The van der Waals surface area contributed by atoms with Crippen LogP contribution in [0.4, 0.5) is 11.8 Å². The van der Waals surface area contributed by atoms with E-state index in [9.17, 15) is 0 Å². The lowest BCUT2D eigenvalue weighted by atomic mass is 10.0. The van der Waals surface area contributed by atoms with Crippen LogP contribution in [-0.2, 0) is 6.42 Å². The van der Waals surface area contributed by atoms with E-state index in [0.29, 0.717) is 5.95 Å². The highest BCUT2D eigenvalue weighted by atomic mass is 15.3. The van der Waals surface area contributed by atoms with E-state index >= 15 is 0 Å². The Morgan fingerprint density at radius 1 is 1.21 bits per heavy atom. The van der Waals surface area contributed by atoms with E-state index in [0.717, 1.165) is 49.3 Å². The quantitative estimate of drug-likeness (QED) is 0.880. The van der Waals surface area contributed by atoms with Crippen molar-refractivity contribution in [1.82, 2.24) is 14.9 Å². The highest BCUT2D eigenvalue weighted by molar-refractivity contribution is 5.45. The van der Waals surface area contributed by atoms with Gasteiger partial charge in [-0.25, -0.2) is 4.98 Å². The maximum Gasteiger partial charge on any atom is 0.222 e. The standard InChI is InChI=1S/C14H23N5/c1-3-4-12-5-13(17-14(15)16-12)19-8-10-6-18(2)7-11(10)9-19/h5,10-11H,3-4,6-9H2,1-2H3,(H2,15,16,17)/t10-,11+. The summed E-state index contributed by atoms with van der Waals surface area (Å²) >= 11 is 0. The molecule has 19 heavy (non-hydrogen) atoms. The SMILES string of the molecule is CCCc1cc(N2C[C@H]3CN(C)C[C@H]3C2)nc(N)n1. The molecule has 0 spiro atoms. The number of fused-ring (bicyclic) bond motifs is 1. The zero-order valence-electron chi connectivity index (χ0n) is 11.8. The van der Waals surface area contributed by atoms with Crippen LogP contribution in [0.5, 0.6) is 0 Å². The van der Waals surface area contributed by atoms with Crippen LogP contribution in [0.25, 0.3) is 0 Å².